The summed E-state index contributed by atoms with van der Waals surface area (Å²) < 4.78 is 24.7. The second kappa shape index (κ2) is 13.6. The molecule has 3 N–H and O–H groups in total. The number of esters is 1. The molecule has 3 aromatic rings. The van der Waals surface area contributed by atoms with Crippen LogP contribution >= 0.6 is 0 Å². The molecule has 1 heterocycles. The van der Waals surface area contributed by atoms with Gasteiger partial charge < -0.3 is 34.5 Å². The number of amides is 1. The van der Waals surface area contributed by atoms with Gasteiger partial charge in [0.15, 0.2) is 0 Å². The molecule has 0 saturated carbocycles. The van der Waals surface area contributed by atoms with E-state index in [-0.39, 0.29) is 38.7 Å². The Bertz CT molecular complexity index is 1380. The lowest BCUT2D eigenvalue weighted by Gasteiger charge is -2.31. The van der Waals surface area contributed by atoms with Gasteiger partial charge in [-0.2, -0.15) is 0 Å². The summed E-state index contributed by atoms with van der Waals surface area (Å²) in [6.45, 7) is -0.123. The van der Waals surface area contributed by atoms with Gasteiger partial charge in [-0.15, -0.1) is 0 Å². The molecule has 0 radical (unpaired) electrons. The Morgan fingerprint density at radius 3 is 2.24 bits per heavy atom. The van der Waals surface area contributed by atoms with E-state index in [1.165, 1.54) is 6.26 Å². The highest BCUT2D eigenvalue weighted by Crippen LogP contribution is 2.47. The number of carbonyl (C=O) groups excluding carboxylic acids is 2. The maximum atomic E-state index is 13.6. The van der Waals surface area contributed by atoms with Crippen molar-refractivity contribution < 1.29 is 38.7 Å². The van der Waals surface area contributed by atoms with E-state index in [0.717, 1.165) is 11.1 Å². The molecule has 1 amide bonds. The summed E-state index contributed by atoms with van der Waals surface area (Å²) in [5.41, 5.74) is 2.75. The minimum absolute atomic E-state index is 0.0854. The van der Waals surface area contributed by atoms with Crippen LogP contribution in [0.25, 0.3) is 6.08 Å². The Morgan fingerprint density at radius 2 is 1.57 bits per heavy atom. The van der Waals surface area contributed by atoms with Crippen molar-refractivity contribution in [3.05, 3.63) is 125 Å². The largest absolute Gasteiger partial charge is 0.499 e. The molecule has 3 atom stereocenters. The summed E-state index contributed by atoms with van der Waals surface area (Å²) in [7, 11) is 0. The first kappa shape index (κ1) is 29.2. The molecule has 9 nitrogen and oxygen atoms in total. The number of hydrogen-bond acceptors (Lipinski definition) is 8. The molecule has 0 spiro atoms. The average molecular weight is 572 g/mol. The van der Waals surface area contributed by atoms with Crippen LogP contribution < -0.4 is 5.32 Å². The number of aliphatic hydroxyl groups is 2. The molecule has 1 aliphatic heterocycles. The fraction of sp³-hybridized carbons (Fsp3) is 0.273. The predicted molar refractivity (Wildman–Crippen MR) is 154 cm³/mol. The van der Waals surface area contributed by atoms with E-state index in [4.69, 9.17) is 24.1 Å². The molecule has 218 valence electrons. The fourth-order valence-corrected chi connectivity index (χ4v) is 5.15. The highest BCUT2D eigenvalue weighted by atomic mass is 16.8. The first-order valence-electron chi connectivity index (χ1n) is 13.8. The Labute approximate surface area is 244 Å². The number of aliphatic hydroxyl groups excluding tert-OH is 2. The van der Waals surface area contributed by atoms with Gasteiger partial charge in [0.05, 0.1) is 25.0 Å². The van der Waals surface area contributed by atoms with Gasteiger partial charge in [-0.1, -0.05) is 78.9 Å². The van der Waals surface area contributed by atoms with E-state index in [0.29, 0.717) is 16.7 Å². The van der Waals surface area contributed by atoms with E-state index in [1.807, 2.05) is 60.7 Å². The maximum absolute atomic E-state index is 13.6. The highest BCUT2D eigenvalue weighted by Gasteiger charge is 2.54. The van der Waals surface area contributed by atoms with Crippen LogP contribution in [0.1, 0.15) is 33.5 Å². The molecule has 2 aliphatic rings. The van der Waals surface area contributed by atoms with Crippen molar-refractivity contribution in [2.24, 2.45) is 0 Å². The van der Waals surface area contributed by atoms with Gasteiger partial charge in [0.25, 0.3) is 0 Å². The molecule has 3 unspecified atom stereocenters. The quantitative estimate of drug-likeness (QED) is 0.182. The molecule has 3 aromatic carbocycles. The summed E-state index contributed by atoms with van der Waals surface area (Å²) in [5, 5.41) is 20.9. The smallest absolute Gasteiger partial charge is 0.339 e. The summed E-state index contributed by atoms with van der Waals surface area (Å²) >= 11 is 0. The van der Waals surface area contributed by atoms with Gasteiger partial charge in [0.1, 0.15) is 24.9 Å². The van der Waals surface area contributed by atoms with E-state index < -0.39 is 30.1 Å². The summed E-state index contributed by atoms with van der Waals surface area (Å²) in [6.07, 6.45) is 2.53. The lowest BCUT2D eigenvalue weighted by molar-refractivity contribution is -0.157. The average Bonchev–Trinajstić information content (AvgIpc) is 3.44. The highest BCUT2D eigenvalue weighted by molar-refractivity contribution is 5.95. The number of hydrogen-bond donors (Lipinski definition) is 3. The first-order chi connectivity index (χ1) is 20.6. The number of fused-ring (bicyclic) bond motifs is 1. The number of rotatable bonds is 11. The molecule has 0 aromatic heterocycles. The van der Waals surface area contributed by atoms with Crippen LogP contribution in [0, 0.1) is 0 Å². The van der Waals surface area contributed by atoms with E-state index in [2.05, 4.69) is 5.32 Å². The first-order valence-corrected chi connectivity index (χ1v) is 13.8. The molecule has 1 aliphatic carbocycles. The van der Waals surface area contributed by atoms with Gasteiger partial charge in [-0.05, 0) is 23.8 Å². The van der Waals surface area contributed by atoms with Crippen LogP contribution in [-0.2, 0) is 29.5 Å². The zero-order chi connectivity index (χ0) is 29.4. The Morgan fingerprint density at radius 1 is 0.905 bits per heavy atom. The zero-order valence-electron chi connectivity index (χ0n) is 22.9. The molecular formula is C33H33NO8. The minimum atomic E-state index is -1.30. The van der Waals surface area contributed by atoms with Gasteiger partial charge in [0.2, 0.25) is 11.7 Å². The minimum Gasteiger partial charge on any atom is -0.499 e. The summed E-state index contributed by atoms with van der Waals surface area (Å²) in [6, 6.07) is 25.9. The molecule has 1 fully saturated rings. The molecular weight excluding hydrogens is 538 g/mol. The predicted octanol–water partition coefficient (Wildman–Crippen LogP) is 3.32. The molecule has 0 bridgehead atoms. The SMILES string of the molecule is O=C(NCCO)C1=CC2OC(c3ccccc3)(c3ccccc3)OC2C(OC(=O)c2ccccc2C=COCCO)C1. The van der Waals surface area contributed by atoms with E-state index in [9.17, 15) is 14.7 Å². The molecule has 5 rings (SSSR count). The summed E-state index contributed by atoms with van der Waals surface area (Å²) in [4.78, 5) is 26.6. The van der Waals surface area contributed by atoms with E-state index >= 15 is 0 Å². The van der Waals surface area contributed by atoms with Gasteiger partial charge in [-0.3, -0.25) is 4.79 Å². The third-order valence-corrected chi connectivity index (χ3v) is 7.07. The van der Waals surface area contributed by atoms with Crippen LogP contribution in [0.15, 0.2) is 103 Å². The van der Waals surface area contributed by atoms with Crippen molar-refractivity contribution in [2.45, 2.75) is 30.5 Å². The Balaban J connectivity index is 1.49. The lowest BCUT2D eigenvalue weighted by atomic mass is 9.91. The van der Waals surface area contributed by atoms with Crippen molar-refractivity contribution in [3.63, 3.8) is 0 Å². The molecule has 9 heteroatoms. The third kappa shape index (κ3) is 6.29. The normalized spacial score (nSPS) is 20.9. The second-order valence-electron chi connectivity index (χ2n) is 9.82. The van der Waals surface area contributed by atoms with Crippen LogP contribution in [0.3, 0.4) is 0 Å². The van der Waals surface area contributed by atoms with Crippen LogP contribution in [-0.4, -0.2) is 66.8 Å². The molecule has 42 heavy (non-hydrogen) atoms. The maximum Gasteiger partial charge on any atom is 0.339 e. The molecule has 1 saturated heterocycles. The second-order valence-corrected chi connectivity index (χ2v) is 9.82. The number of benzene rings is 3. The number of ether oxygens (including phenoxy) is 4. The lowest BCUT2D eigenvalue weighted by Crippen LogP contribution is -2.43. The van der Waals surface area contributed by atoms with Crippen LogP contribution in [0.4, 0.5) is 0 Å². The van der Waals surface area contributed by atoms with Gasteiger partial charge >= 0.3 is 5.97 Å². The number of carbonyl (C=O) groups is 2. The fourth-order valence-electron chi connectivity index (χ4n) is 5.15. The van der Waals surface area contributed by atoms with Crippen molar-refractivity contribution >= 4 is 18.0 Å². The monoisotopic (exact) mass is 571 g/mol. The van der Waals surface area contributed by atoms with Crippen molar-refractivity contribution in [2.75, 3.05) is 26.4 Å². The van der Waals surface area contributed by atoms with Gasteiger partial charge in [0, 0.05) is 29.7 Å². The van der Waals surface area contributed by atoms with Gasteiger partial charge in [-0.25, -0.2) is 4.79 Å². The zero-order valence-corrected chi connectivity index (χ0v) is 22.9. The summed E-state index contributed by atoms with van der Waals surface area (Å²) in [5.74, 6) is -2.28. The van der Waals surface area contributed by atoms with Crippen LogP contribution in [0.2, 0.25) is 0 Å². The third-order valence-electron chi connectivity index (χ3n) is 7.07. The van der Waals surface area contributed by atoms with Crippen molar-refractivity contribution in [1.82, 2.24) is 5.32 Å². The Kier molecular flexibility index (Phi) is 9.45. The number of nitrogens with one attached hydrogen (secondary N) is 1. The van der Waals surface area contributed by atoms with E-state index in [1.54, 1.807) is 36.4 Å². The van der Waals surface area contributed by atoms with Crippen LogP contribution in [0.5, 0.6) is 0 Å². The topological polar surface area (TPSA) is 124 Å². The standard InChI is InChI=1S/C33H33NO8/c35-17-16-34-31(37)24-21-28(40-32(38)27-14-8-7-9-23(27)15-19-39-20-18-36)30-29(22-24)41-33(42-30,25-10-3-1-4-11-25)26-12-5-2-6-13-26/h1-15,19,22,28-30,35-36H,16-18,20-21H2,(H,34,37). The van der Waals surface area contributed by atoms with Crippen molar-refractivity contribution in [1.29, 1.82) is 0 Å². The van der Waals surface area contributed by atoms with Crippen molar-refractivity contribution in [3.8, 4) is 0 Å². The Hall–Kier alpha value is -4.28.